The summed E-state index contributed by atoms with van der Waals surface area (Å²) in [6.45, 7) is 9.22. The van der Waals surface area contributed by atoms with E-state index in [-0.39, 0.29) is 6.09 Å². The van der Waals surface area contributed by atoms with Crippen LogP contribution in [0.3, 0.4) is 0 Å². The Hall–Kier alpha value is -0.810. The molecule has 1 aliphatic heterocycles. The molecule has 0 aromatic carbocycles. The molecule has 5 nitrogen and oxygen atoms in total. The van der Waals surface area contributed by atoms with Crippen molar-refractivity contribution in [3.8, 4) is 0 Å². The Morgan fingerprint density at radius 3 is 2.78 bits per heavy atom. The Bertz CT molecular complexity index is 263. The van der Waals surface area contributed by atoms with E-state index in [0.29, 0.717) is 25.7 Å². The molecular weight excluding hydrogens is 232 g/mol. The molecule has 1 aliphatic rings. The zero-order valence-electron chi connectivity index (χ0n) is 11.8. The summed E-state index contributed by atoms with van der Waals surface area (Å²) in [6, 6.07) is 0. The van der Waals surface area contributed by atoms with Crippen LogP contribution in [0.2, 0.25) is 0 Å². The van der Waals surface area contributed by atoms with Gasteiger partial charge in [-0.15, -0.1) is 0 Å². The zero-order chi connectivity index (χ0) is 13.6. The number of nitrogens with zero attached hydrogens (tertiary/aromatic N) is 1. The first-order valence-corrected chi connectivity index (χ1v) is 6.68. The van der Waals surface area contributed by atoms with Gasteiger partial charge in [-0.05, 0) is 40.2 Å². The number of nitrogens with two attached hydrogens (primary N) is 1. The SMILES string of the molecule is CC(C)(C)OC(=O)N1CCC(COCCCN)C1. The molecule has 0 aromatic heterocycles. The van der Waals surface area contributed by atoms with Gasteiger partial charge in [-0.25, -0.2) is 4.79 Å². The highest BCUT2D eigenvalue weighted by Crippen LogP contribution is 2.19. The molecule has 1 heterocycles. The molecule has 1 unspecified atom stereocenters. The van der Waals surface area contributed by atoms with E-state index in [9.17, 15) is 4.79 Å². The molecule has 0 bridgehead atoms. The van der Waals surface area contributed by atoms with Crippen molar-refractivity contribution in [2.75, 3.05) is 32.8 Å². The number of rotatable bonds is 5. The quantitative estimate of drug-likeness (QED) is 0.761. The molecule has 0 saturated carbocycles. The van der Waals surface area contributed by atoms with Crippen molar-refractivity contribution in [3.63, 3.8) is 0 Å². The molecule has 1 atom stereocenters. The fraction of sp³-hybridized carbons (Fsp3) is 0.923. The van der Waals surface area contributed by atoms with Crippen LogP contribution in [0.1, 0.15) is 33.6 Å². The standard InChI is InChI=1S/C13H26N2O3/c1-13(2,3)18-12(16)15-7-5-11(9-15)10-17-8-4-6-14/h11H,4-10,14H2,1-3H3. The van der Waals surface area contributed by atoms with Crippen LogP contribution < -0.4 is 5.73 Å². The van der Waals surface area contributed by atoms with Crippen LogP contribution in [0.5, 0.6) is 0 Å². The maximum absolute atomic E-state index is 11.8. The van der Waals surface area contributed by atoms with Crippen molar-refractivity contribution in [2.24, 2.45) is 11.7 Å². The van der Waals surface area contributed by atoms with Gasteiger partial charge < -0.3 is 20.1 Å². The van der Waals surface area contributed by atoms with Crippen molar-refractivity contribution in [1.82, 2.24) is 4.90 Å². The van der Waals surface area contributed by atoms with Gasteiger partial charge in [0.25, 0.3) is 0 Å². The average Bonchev–Trinajstić information content (AvgIpc) is 2.71. The summed E-state index contributed by atoms with van der Waals surface area (Å²) >= 11 is 0. The molecule has 0 aromatic rings. The molecule has 0 radical (unpaired) electrons. The van der Waals surface area contributed by atoms with Gasteiger partial charge in [0.15, 0.2) is 0 Å². The molecule has 1 saturated heterocycles. The highest BCUT2D eigenvalue weighted by molar-refractivity contribution is 5.68. The number of hydrogen-bond donors (Lipinski definition) is 1. The van der Waals surface area contributed by atoms with Crippen molar-refractivity contribution in [2.45, 2.75) is 39.2 Å². The van der Waals surface area contributed by atoms with E-state index >= 15 is 0 Å². The fourth-order valence-electron chi connectivity index (χ4n) is 1.90. The number of amides is 1. The summed E-state index contributed by atoms with van der Waals surface area (Å²) in [6.07, 6.45) is 1.66. The van der Waals surface area contributed by atoms with E-state index in [2.05, 4.69) is 0 Å². The lowest BCUT2D eigenvalue weighted by Gasteiger charge is -2.24. The van der Waals surface area contributed by atoms with Crippen LogP contribution >= 0.6 is 0 Å². The fourth-order valence-corrected chi connectivity index (χ4v) is 1.90. The highest BCUT2D eigenvalue weighted by Gasteiger charge is 2.29. The van der Waals surface area contributed by atoms with Gasteiger partial charge in [-0.1, -0.05) is 0 Å². The molecule has 18 heavy (non-hydrogen) atoms. The smallest absolute Gasteiger partial charge is 0.410 e. The molecule has 1 fully saturated rings. The number of carbonyl (C=O) groups excluding carboxylic acids is 1. The van der Waals surface area contributed by atoms with Crippen molar-refractivity contribution in [3.05, 3.63) is 0 Å². The average molecular weight is 258 g/mol. The van der Waals surface area contributed by atoms with Crippen LogP contribution in [-0.2, 0) is 9.47 Å². The van der Waals surface area contributed by atoms with Crippen molar-refractivity contribution >= 4 is 6.09 Å². The normalized spacial score (nSPS) is 20.2. The van der Waals surface area contributed by atoms with Gasteiger partial charge in [0, 0.05) is 25.6 Å². The lowest BCUT2D eigenvalue weighted by Crippen LogP contribution is -2.35. The molecule has 0 spiro atoms. The maximum atomic E-state index is 11.8. The lowest BCUT2D eigenvalue weighted by molar-refractivity contribution is 0.0274. The van der Waals surface area contributed by atoms with Gasteiger partial charge in [0.1, 0.15) is 5.60 Å². The van der Waals surface area contributed by atoms with E-state index in [1.165, 1.54) is 0 Å². The summed E-state index contributed by atoms with van der Waals surface area (Å²) < 4.78 is 10.9. The third kappa shape index (κ3) is 5.69. The van der Waals surface area contributed by atoms with Crippen molar-refractivity contribution in [1.29, 1.82) is 0 Å². The van der Waals surface area contributed by atoms with E-state index in [0.717, 1.165) is 25.9 Å². The molecule has 106 valence electrons. The first-order chi connectivity index (χ1) is 8.42. The third-order valence-corrected chi connectivity index (χ3v) is 2.78. The maximum Gasteiger partial charge on any atom is 0.410 e. The minimum absolute atomic E-state index is 0.216. The van der Waals surface area contributed by atoms with Gasteiger partial charge in [-0.3, -0.25) is 0 Å². The van der Waals surface area contributed by atoms with Gasteiger partial charge in [0.2, 0.25) is 0 Å². The Kier molecular flexibility index (Phi) is 5.88. The van der Waals surface area contributed by atoms with E-state index in [4.69, 9.17) is 15.2 Å². The minimum atomic E-state index is -0.424. The second-order valence-corrected chi connectivity index (χ2v) is 5.80. The third-order valence-electron chi connectivity index (χ3n) is 2.78. The lowest BCUT2D eigenvalue weighted by atomic mass is 10.1. The van der Waals surface area contributed by atoms with E-state index in [1.54, 1.807) is 4.90 Å². The molecular formula is C13H26N2O3. The first kappa shape index (κ1) is 15.2. The summed E-state index contributed by atoms with van der Waals surface area (Å²) in [5.74, 6) is 0.426. The van der Waals surface area contributed by atoms with Crippen LogP contribution in [-0.4, -0.2) is 49.4 Å². The molecule has 1 amide bonds. The Balaban J connectivity index is 2.22. The Morgan fingerprint density at radius 1 is 1.44 bits per heavy atom. The second-order valence-electron chi connectivity index (χ2n) is 5.80. The minimum Gasteiger partial charge on any atom is -0.444 e. The van der Waals surface area contributed by atoms with Crippen LogP contribution in [0.25, 0.3) is 0 Å². The first-order valence-electron chi connectivity index (χ1n) is 6.68. The predicted octanol–water partition coefficient (Wildman–Crippen LogP) is 1.61. The molecule has 0 aliphatic carbocycles. The number of ether oxygens (including phenoxy) is 2. The van der Waals surface area contributed by atoms with Gasteiger partial charge in [-0.2, -0.15) is 0 Å². The monoisotopic (exact) mass is 258 g/mol. The zero-order valence-corrected chi connectivity index (χ0v) is 11.8. The Labute approximate surface area is 110 Å². The predicted molar refractivity (Wildman–Crippen MR) is 70.4 cm³/mol. The second kappa shape index (κ2) is 6.95. The molecule has 2 N–H and O–H groups in total. The van der Waals surface area contributed by atoms with Crippen LogP contribution in [0.4, 0.5) is 4.79 Å². The van der Waals surface area contributed by atoms with Crippen LogP contribution in [0.15, 0.2) is 0 Å². The largest absolute Gasteiger partial charge is 0.444 e. The number of hydrogen-bond acceptors (Lipinski definition) is 4. The van der Waals surface area contributed by atoms with Gasteiger partial charge in [0.05, 0.1) is 6.61 Å². The summed E-state index contributed by atoms with van der Waals surface area (Å²) in [5.41, 5.74) is 4.97. The summed E-state index contributed by atoms with van der Waals surface area (Å²) in [5, 5.41) is 0. The van der Waals surface area contributed by atoms with Crippen molar-refractivity contribution < 1.29 is 14.3 Å². The summed E-state index contributed by atoms with van der Waals surface area (Å²) in [7, 11) is 0. The number of carbonyl (C=O) groups is 1. The van der Waals surface area contributed by atoms with E-state index in [1.807, 2.05) is 20.8 Å². The molecule has 1 rings (SSSR count). The van der Waals surface area contributed by atoms with Crippen LogP contribution in [0, 0.1) is 5.92 Å². The summed E-state index contributed by atoms with van der Waals surface area (Å²) in [4.78, 5) is 13.6. The molecule has 5 heteroatoms. The Morgan fingerprint density at radius 2 is 2.17 bits per heavy atom. The highest BCUT2D eigenvalue weighted by atomic mass is 16.6. The van der Waals surface area contributed by atoms with Gasteiger partial charge >= 0.3 is 6.09 Å². The van der Waals surface area contributed by atoms with E-state index < -0.39 is 5.60 Å². The number of likely N-dealkylation sites (tertiary alicyclic amines) is 1. The topological polar surface area (TPSA) is 64.8 Å².